The fourth-order valence-electron chi connectivity index (χ4n) is 3.92. The van der Waals surface area contributed by atoms with Crippen LogP contribution in [0.3, 0.4) is 0 Å². The van der Waals surface area contributed by atoms with Crippen molar-refractivity contribution in [2.24, 2.45) is 0 Å². The van der Waals surface area contributed by atoms with Crippen LogP contribution in [-0.2, 0) is 4.79 Å². The summed E-state index contributed by atoms with van der Waals surface area (Å²) in [6, 6.07) is 9.71. The number of aliphatic hydroxyl groups excluding tert-OH is 1. The van der Waals surface area contributed by atoms with Gasteiger partial charge in [-0.15, -0.1) is 26.0 Å². The second kappa shape index (κ2) is 19.5. The van der Waals surface area contributed by atoms with Crippen LogP contribution in [0.15, 0.2) is 62.1 Å². The maximum Gasteiger partial charge on any atom is 0.235 e. The van der Waals surface area contributed by atoms with Crippen molar-refractivity contribution in [2.75, 3.05) is 48.2 Å². The Kier molecular flexibility index (Phi) is 15.4. The third-order valence-corrected chi connectivity index (χ3v) is 5.96. The predicted octanol–water partition coefficient (Wildman–Crippen LogP) is 4.27. The molecule has 4 aromatic rings. The summed E-state index contributed by atoms with van der Waals surface area (Å²) in [6.07, 6.45) is 17.8. The Balaban J connectivity index is 0.000000379. The van der Waals surface area contributed by atoms with Gasteiger partial charge in [-0.25, -0.2) is 4.98 Å². The zero-order valence-corrected chi connectivity index (χ0v) is 25.0. The summed E-state index contributed by atoms with van der Waals surface area (Å²) in [5.74, 6) is 4.19. The number of aromatic nitrogens is 7. The molecule has 4 heterocycles. The molecule has 3 aromatic heterocycles. The second-order valence-electron chi connectivity index (χ2n) is 8.79. The van der Waals surface area contributed by atoms with Crippen LogP contribution in [0, 0.1) is 12.8 Å². The molecule has 5 N–H and O–H groups in total. The molecular formula is C30H39N11O3. The molecule has 2 fully saturated rings. The molecule has 0 spiro atoms. The first-order valence-electron chi connectivity index (χ1n) is 13.7. The van der Waals surface area contributed by atoms with Crippen LogP contribution in [0.2, 0.25) is 0 Å². The van der Waals surface area contributed by atoms with Gasteiger partial charge in [0.2, 0.25) is 24.3 Å². The van der Waals surface area contributed by atoms with Crippen molar-refractivity contribution in [2.45, 2.75) is 31.6 Å². The van der Waals surface area contributed by atoms with Gasteiger partial charge in [-0.3, -0.25) is 14.9 Å². The van der Waals surface area contributed by atoms with E-state index in [4.69, 9.17) is 9.84 Å². The fraction of sp³-hybridized carbons (Fsp3) is 0.300. The van der Waals surface area contributed by atoms with Gasteiger partial charge in [0.25, 0.3) is 0 Å². The molecule has 0 atom stereocenters. The van der Waals surface area contributed by atoms with Crippen molar-refractivity contribution < 1.29 is 14.6 Å². The quantitative estimate of drug-likeness (QED) is 0.105. The highest BCUT2D eigenvalue weighted by atomic mass is 16.5. The van der Waals surface area contributed by atoms with Crippen LogP contribution >= 0.6 is 0 Å². The molecular weight excluding hydrogens is 562 g/mol. The third kappa shape index (κ3) is 11.0. The number of carbonyl (C=O) groups is 1. The molecule has 2 aliphatic rings. The lowest BCUT2D eigenvalue weighted by Crippen LogP contribution is -2.21. The zero-order valence-electron chi connectivity index (χ0n) is 25.0. The number of ether oxygens (including phenoxy) is 1. The Morgan fingerprint density at radius 3 is 2.34 bits per heavy atom. The van der Waals surface area contributed by atoms with Crippen molar-refractivity contribution in [1.82, 2.24) is 35.1 Å². The van der Waals surface area contributed by atoms with Gasteiger partial charge < -0.3 is 30.7 Å². The molecule has 0 radical (unpaired) electrons. The Labute approximate surface area is 257 Å². The number of nitrogens with zero attached hydrogens (tertiary/aromatic N) is 7. The maximum atomic E-state index is 9.80. The molecule has 1 amide bonds. The Morgan fingerprint density at radius 1 is 1.02 bits per heavy atom. The van der Waals surface area contributed by atoms with E-state index in [0.717, 1.165) is 56.0 Å². The van der Waals surface area contributed by atoms with Gasteiger partial charge in [0.05, 0.1) is 13.3 Å². The Hall–Kier alpha value is -5.55. The molecule has 232 valence electrons. The van der Waals surface area contributed by atoms with Crippen LogP contribution in [0.1, 0.15) is 37.3 Å². The molecule has 1 saturated heterocycles. The highest BCUT2D eigenvalue weighted by molar-refractivity contribution is 5.67. The van der Waals surface area contributed by atoms with E-state index < -0.39 is 0 Å². The number of amides is 1. The summed E-state index contributed by atoms with van der Waals surface area (Å²) in [4.78, 5) is 33.3. The smallest absolute Gasteiger partial charge is 0.235 e. The van der Waals surface area contributed by atoms with E-state index in [0.29, 0.717) is 36.0 Å². The number of H-pyrrole nitrogens is 1. The van der Waals surface area contributed by atoms with Gasteiger partial charge in [-0.2, -0.15) is 20.1 Å². The number of hydrogen-bond donors (Lipinski definition) is 5. The van der Waals surface area contributed by atoms with Gasteiger partial charge >= 0.3 is 0 Å². The largest absolute Gasteiger partial charge is 0.497 e. The highest BCUT2D eigenvalue weighted by Gasteiger charge is 2.26. The number of rotatable bonds is 9. The third-order valence-electron chi connectivity index (χ3n) is 5.96. The monoisotopic (exact) mass is 601 g/mol. The number of benzene rings is 1. The fourth-order valence-corrected chi connectivity index (χ4v) is 3.92. The molecule has 1 aliphatic carbocycles. The van der Waals surface area contributed by atoms with Gasteiger partial charge in [0.15, 0.2) is 11.6 Å². The lowest BCUT2D eigenvalue weighted by molar-refractivity contribution is -0.105. The zero-order chi connectivity index (χ0) is 32.2. The summed E-state index contributed by atoms with van der Waals surface area (Å²) < 4.78 is 5.30. The number of anilines is 6. The van der Waals surface area contributed by atoms with Gasteiger partial charge in [-0.1, -0.05) is 6.07 Å². The minimum Gasteiger partial charge on any atom is -0.497 e. The van der Waals surface area contributed by atoms with Gasteiger partial charge in [-0.05, 0) is 37.8 Å². The lowest BCUT2D eigenvalue weighted by atomic mass is 10.3. The molecule has 1 aliphatic heterocycles. The molecule has 1 aromatic carbocycles. The van der Waals surface area contributed by atoms with Gasteiger partial charge in [0.1, 0.15) is 5.75 Å². The molecule has 0 unspecified atom stereocenters. The first-order valence-corrected chi connectivity index (χ1v) is 13.7. The van der Waals surface area contributed by atoms with Crippen LogP contribution in [0.25, 0.3) is 0 Å². The SMILES string of the molecule is C#C.C=C.CO.COc1cccc(Nc2nc(Nc3cc(C4CC4)[nH]n3)nc(N3CCCC3)n2)c1.O=CNc1cnccn1. The average Bonchev–Trinajstić information content (AvgIpc) is 3.57. The number of aliphatic hydroxyl groups is 1. The van der Waals surface area contributed by atoms with E-state index in [-0.39, 0.29) is 0 Å². The molecule has 14 nitrogen and oxygen atoms in total. The van der Waals surface area contributed by atoms with E-state index in [2.05, 4.69) is 82.0 Å². The Morgan fingerprint density at radius 2 is 1.73 bits per heavy atom. The molecule has 14 heteroatoms. The van der Waals surface area contributed by atoms with Crippen LogP contribution in [0.4, 0.5) is 35.2 Å². The number of hydrogen-bond acceptors (Lipinski definition) is 12. The topological polar surface area (TPSA) is 179 Å². The van der Waals surface area contributed by atoms with Crippen LogP contribution in [0.5, 0.6) is 5.75 Å². The molecule has 0 bridgehead atoms. The number of aromatic amines is 1. The number of methoxy groups -OCH3 is 1. The number of terminal acetylenes is 1. The van der Waals surface area contributed by atoms with E-state index in [1.54, 1.807) is 7.11 Å². The molecule has 1 saturated carbocycles. The van der Waals surface area contributed by atoms with Crippen LogP contribution in [-0.4, -0.2) is 73.9 Å². The lowest BCUT2D eigenvalue weighted by Gasteiger charge is -2.17. The van der Waals surface area contributed by atoms with Crippen molar-refractivity contribution in [3.05, 3.63) is 67.8 Å². The Bertz CT molecular complexity index is 1410. The summed E-state index contributed by atoms with van der Waals surface area (Å²) in [6.45, 7) is 7.91. The normalized spacial score (nSPS) is 12.6. The van der Waals surface area contributed by atoms with E-state index in [9.17, 15) is 4.79 Å². The van der Waals surface area contributed by atoms with E-state index in [1.807, 2.05) is 30.3 Å². The van der Waals surface area contributed by atoms with Crippen molar-refractivity contribution >= 4 is 41.6 Å². The number of nitrogens with one attached hydrogen (secondary N) is 4. The molecule has 6 rings (SSSR count). The first kappa shape index (κ1) is 34.7. The van der Waals surface area contributed by atoms with Crippen molar-refractivity contribution in [3.63, 3.8) is 0 Å². The minimum absolute atomic E-state index is 0.465. The summed E-state index contributed by atoms with van der Waals surface area (Å²) in [5.41, 5.74) is 2.01. The standard InChI is InChI=1S/C20H24N8O.C5H5N3O.C2H4.C2H2.CH4O/c1-29-15-6-4-5-14(11-15)21-18-23-19(25-20(24-18)28-9-2-3-10-28)22-17-12-16(26-27-17)13-7-8-13;9-4-8-5-3-6-1-2-7-5;3*1-2/h4-6,11-13H,2-3,7-10H2,1H3,(H3,21,22,23,24,25,26,27);1-4H,(H,7,8,9);1-2H2;1-2H;2H,1H3. The molecule has 44 heavy (non-hydrogen) atoms. The van der Waals surface area contributed by atoms with E-state index >= 15 is 0 Å². The van der Waals surface area contributed by atoms with E-state index in [1.165, 1.54) is 31.4 Å². The van der Waals surface area contributed by atoms with Gasteiger partial charge in [0, 0.05) is 62.0 Å². The maximum absolute atomic E-state index is 9.80. The van der Waals surface area contributed by atoms with Crippen molar-refractivity contribution in [3.8, 4) is 18.6 Å². The summed E-state index contributed by atoms with van der Waals surface area (Å²) in [5, 5.41) is 23.3. The first-order chi connectivity index (χ1) is 21.7. The van der Waals surface area contributed by atoms with Crippen molar-refractivity contribution in [1.29, 1.82) is 0 Å². The average molecular weight is 602 g/mol. The highest BCUT2D eigenvalue weighted by Crippen LogP contribution is 2.39. The number of carbonyl (C=O) groups excluding carboxylic acids is 1. The summed E-state index contributed by atoms with van der Waals surface area (Å²) >= 11 is 0. The van der Waals surface area contributed by atoms with Crippen LogP contribution < -0.4 is 25.6 Å². The minimum atomic E-state index is 0.465. The predicted molar refractivity (Wildman–Crippen MR) is 172 cm³/mol. The second-order valence-corrected chi connectivity index (χ2v) is 8.79. The summed E-state index contributed by atoms with van der Waals surface area (Å²) in [7, 11) is 2.65.